The molecule has 0 bridgehead atoms. The lowest BCUT2D eigenvalue weighted by Gasteiger charge is -2.39. The lowest BCUT2D eigenvalue weighted by molar-refractivity contribution is 0.766. The molecule has 11 aromatic rings. The molecule has 13 rings (SSSR count). The zero-order chi connectivity index (χ0) is 53.1. The first-order valence-corrected chi connectivity index (χ1v) is 28.4. The van der Waals surface area contributed by atoms with Crippen molar-refractivity contribution in [2.24, 2.45) is 0 Å². The van der Waals surface area contributed by atoms with Gasteiger partial charge in [-0.1, -0.05) is 184 Å². The second-order valence-electron chi connectivity index (χ2n) is 19.9. The topological polar surface area (TPSA) is 13.0 Å². The second-order valence-corrected chi connectivity index (χ2v) is 21.8. The fourth-order valence-corrected chi connectivity index (χ4v) is 12.6. The minimum atomic E-state index is -0.950. The van der Waals surface area contributed by atoms with Crippen LogP contribution in [0.1, 0.15) is 35.1 Å². The molecule has 0 N–H and O–H groups in total. The number of anilines is 11. The predicted octanol–water partition coefficient (Wildman–Crippen LogP) is 21.4. The van der Waals surface area contributed by atoms with E-state index < -0.39 is 5.41 Å². The molecular weight excluding hydrogens is 1090 g/mol. The van der Waals surface area contributed by atoms with E-state index in [1.54, 1.807) is 0 Å². The van der Waals surface area contributed by atoms with E-state index in [4.69, 9.17) is 0 Å². The van der Waals surface area contributed by atoms with Crippen molar-refractivity contribution in [1.82, 2.24) is 0 Å². The van der Waals surface area contributed by atoms with Gasteiger partial charge in [0.05, 0.1) is 5.41 Å². The lowest BCUT2D eigenvalue weighted by atomic mass is 9.67. The monoisotopic (exact) mass is 1140 g/mol. The zero-order valence-electron chi connectivity index (χ0n) is 43.3. The van der Waals surface area contributed by atoms with Gasteiger partial charge in [-0.3, -0.25) is 0 Å². The van der Waals surface area contributed by atoms with Crippen molar-refractivity contribution < 1.29 is 0 Å². The van der Waals surface area contributed by atoms with Crippen LogP contribution < -0.4 is 19.6 Å². The van der Waals surface area contributed by atoms with Crippen molar-refractivity contribution in [2.45, 2.75) is 18.3 Å². The molecule has 0 amide bonds. The summed E-state index contributed by atoms with van der Waals surface area (Å²) in [4.78, 5) is 9.71. The third kappa shape index (κ3) is 9.47. The van der Waals surface area contributed by atoms with Crippen LogP contribution in [0, 0.1) is 0 Å². The van der Waals surface area contributed by atoms with Gasteiger partial charge < -0.3 is 19.6 Å². The van der Waals surface area contributed by atoms with E-state index in [0.717, 1.165) is 95.5 Å². The van der Waals surface area contributed by atoms with Crippen LogP contribution in [0.15, 0.2) is 318 Å². The second kappa shape index (κ2) is 21.8. The smallest absolute Gasteiger partial charge is 0.0717 e. The fraction of sp³-hybridized carbons (Fsp3) is 0.0411. The van der Waals surface area contributed by atoms with Gasteiger partial charge in [0.1, 0.15) is 0 Å². The quantitative estimate of drug-likeness (QED) is 0.108. The van der Waals surface area contributed by atoms with Crippen LogP contribution in [0.4, 0.5) is 62.6 Å². The molecule has 2 aliphatic rings. The summed E-state index contributed by atoms with van der Waals surface area (Å²) in [5.41, 5.74) is 18.7. The van der Waals surface area contributed by atoms with Crippen molar-refractivity contribution in [1.29, 1.82) is 0 Å². The van der Waals surface area contributed by atoms with Gasteiger partial charge in [0.15, 0.2) is 0 Å². The molecular formula is C73H54Br2N4. The highest BCUT2D eigenvalue weighted by molar-refractivity contribution is 9.10. The lowest BCUT2D eigenvalue weighted by Crippen LogP contribution is -2.30. The summed E-state index contributed by atoms with van der Waals surface area (Å²) in [5.74, 6) is 0. The maximum Gasteiger partial charge on any atom is 0.0717 e. The molecule has 0 unspecified atom stereocenters. The summed E-state index contributed by atoms with van der Waals surface area (Å²) in [7, 11) is 0. The summed E-state index contributed by atoms with van der Waals surface area (Å²) >= 11 is 8.16. The first kappa shape index (κ1) is 49.6. The van der Waals surface area contributed by atoms with E-state index in [1.165, 1.54) is 28.0 Å². The highest BCUT2D eigenvalue weighted by atomic mass is 79.9. The van der Waals surface area contributed by atoms with Gasteiger partial charge in [0, 0.05) is 77.2 Å². The first-order valence-electron chi connectivity index (χ1n) is 26.8. The average Bonchev–Trinajstić information content (AvgIpc) is 3.36. The molecule has 79 heavy (non-hydrogen) atoms. The Morgan fingerprint density at radius 2 is 0.582 bits per heavy atom. The Labute approximate surface area is 480 Å². The van der Waals surface area contributed by atoms with Gasteiger partial charge in [0.25, 0.3) is 0 Å². The predicted molar refractivity (Wildman–Crippen MR) is 338 cm³/mol. The average molecular weight is 1150 g/mol. The van der Waals surface area contributed by atoms with Gasteiger partial charge in [-0.15, -0.1) is 0 Å². The summed E-state index contributed by atoms with van der Waals surface area (Å²) in [6, 6.07) is 104. The Morgan fingerprint density at radius 3 is 0.873 bits per heavy atom. The number of nitrogens with zero attached hydrogens (tertiary/aromatic N) is 4. The molecule has 2 aliphatic carbocycles. The van der Waals surface area contributed by atoms with Gasteiger partial charge in [0.2, 0.25) is 0 Å². The summed E-state index contributed by atoms with van der Waals surface area (Å²) in [6.07, 6.45) is 8.60. The molecule has 4 nitrogen and oxygen atoms in total. The molecule has 0 atom stereocenters. The van der Waals surface area contributed by atoms with Crippen molar-refractivity contribution in [3.8, 4) is 11.1 Å². The molecule has 0 saturated heterocycles. The standard InChI is InChI=1S/C73H54Br2N4/c74-55-41-43-69-70-44-42-56(75)50-72(70)73(71(69)49-55,53-45-65(76(57-25-9-1-10-26-57)58-27-11-2-12-28-58)51-66(46-53)77(59-29-13-3-14-30-59)60-31-15-4-16-32-60)54-47-67(78(61-33-17-5-18-34-61)62-35-19-6-20-36-62)52-68(48-54)79(63-37-21-7-22-38-63)64-39-23-8-24-40-64/h1-23,25-39,41-52H,24,40H2. The molecule has 0 heterocycles. The molecule has 380 valence electrons. The van der Waals surface area contributed by atoms with E-state index in [1.807, 2.05) is 0 Å². The van der Waals surface area contributed by atoms with Crippen LogP contribution in [0.25, 0.3) is 11.1 Å². The largest absolute Gasteiger partial charge is 0.314 e. The minimum absolute atomic E-state index is 0.887. The number of rotatable bonds is 14. The Morgan fingerprint density at radius 1 is 0.291 bits per heavy atom. The first-order chi connectivity index (χ1) is 39.0. The van der Waals surface area contributed by atoms with Crippen LogP contribution in [0.2, 0.25) is 0 Å². The summed E-state index contributed by atoms with van der Waals surface area (Å²) in [6.45, 7) is 0. The maximum absolute atomic E-state index is 4.08. The summed E-state index contributed by atoms with van der Waals surface area (Å²) in [5, 5.41) is 0. The third-order valence-corrected chi connectivity index (χ3v) is 16.1. The number of halogens is 2. The number of allylic oxidation sites excluding steroid dienone is 4. The number of para-hydroxylation sites is 7. The van der Waals surface area contributed by atoms with Crippen LogP contribution in [-0.4, -0.2) is 0 Å². The number of fused-ring (bicyclic) bond motifs is 3. The van der Waals surface area contributed by atoms with Gasteiger partial charge in [-0.05, 0) is 198 Å². The molecule has 0 aromatic heterocycles. The Hall–Kier alpha value is -8.94. The van der Waals surface area contributed by atoms with E-state index >= 15 is 0 Å². The molecule has 6 heteroatoms. The highest BCUT2D eigenvalue weighted by Gasteiger charge is 2.48. The Kier molecular flexibility index (Phi) is 13.7. The van der Waals surface area contributed by atoms with Crippen molar-refractivity contribution in [2.75, 3.05) is 19.6 Å². The maximum atomic E-state index is 4.08. The van der Waals surface area contributed by atoms with E-state index in [2.05, 4.69) is 355 Å². The molecule has 0 fully saturated rings. The minimum Gasteiger partial charge on any atom is -0.314 e. The molecule has 11 aromatic carbocycles. The van der Waals surface area contributed by atoms with Crippen molar-refractivity contribution >= 4 is 94.4 Å². The number of hydrogen-bond acceptors (Lipinski definition) is 4. The SMILES string of the molecule is Brc1ccc2c(c1)C(c1cc(N(C3=CC=CCC3)c3ccccc3)cc(N(c3ccccc3)c3ccccc3)c1)(c1cc(N(c3ccccc3)c3ccccc3)cc(N(c3ccccc3)c3ccccc3)c1)c1cc(Br)ccc1-2. The van der Waals surface area contributed by atoms with Gasteiger partial charge in [-0.2, -0.15) is 0 Å². The molecule has 0 radical (unpaired) electrons. The third-order valence-electron chi connectivity index (χ3n) is 15.1. The van der Waals surface area contributed by atoms with Crippen molar-refractivity contribution in [3.05, 3.63) is 340 Å². The fourth-order valence-electron chi connectivity index (χ4n) is 11.8. The van der Waals surface area contributed by atoms with Crippen LogP contribution in [-0.2, 0) is 5.41 Å². The van der Waals surface area contributed by atoms with Gasteiger partial charge >= 0.3 is 0 Å². The molecule has 0 saturated carbocycles. The zero-order valence-corrected chi connectivity index (χ0v) is 46.5. The Balaban J connectivity index is 1.21. The molecule has 0 aliphatic heterocycles. The van der Waals surface area contributed by atoms with E-state index in [9.17, 15) is 0 Å². The van der Waals surface area contributed by atoms with Crippen molar-refractivity contribution in [3.63, 3.8) is 0 Å². The van der Waals surface area contributed by atoms with E-state index in [-0.39, 0.29) is 0 Å². The van der Waals surface area contributed by atoms with E-state index in [0.29, 0.717) is 0 Å². The normalized spacial score (nSPS) is 13.0. The highest BCUT2D eigenvalue weighted by Crippen LogP contribution is 2.60. The Bertz CT molecular complexity index is 3710. The summed E-state index contributed by atoms with van der Waals surface area (Å²) < 4.78 is 2.00. The van der Waals surface area contributed by atoms with Crippen LogP contribution in [0.3, 0.4) is 0 Å². The number of hydrogen-bond donors (Lipinski definition) is 0. The van der Waals surface area contributed by atoms with Crippen LogP contribution in [0.5, 0.6) is 0 Å². The van der Waals surface area contributed by atoms with Crippen LogP contribution >= 0.6 is 31.9 Å². The number of benzene rings is 11. The molecule has 0 spiro atoms. The van der Waals surface area contributed by atoms with Gasteiger partial charge in [-0.25, -0.2) is 0 Å².